The second-order valence-electron chi connectivity index (χ2n) is 4.66. The van der Waals surface area contributed by atoms with E-state index in [0.29, 0.717) is 11.7 Å². The fraction of sp³-hybridized carbons (Fsp3) is 0.200. The quantitative estimate of drug-likeness (QED) is 0.720. The highest BCUT2D eigenvalue weighted by atomic mass is 16.5. The molecular formula is C15H15N3O. The topological polar surface area (TPSA) is 43.9 Å². The summed E-state index contributed by atoms with van der Waals surface area (Å²) < 4.78 is 7.34. The van der Waals surface area contributed by atoms with E-state index in [1.807, 2.05) is 25.3 Å². The fourth-order valence-electron chi connectivity index (χ4n) is 2.15. The maximum atomic E-state index is 5.23. The molecule has 19 heavy (non-hydrogen) atoms. The normalized spacial score (nSPS) is 10.8. The van der Waals surface area contributed by atoms with Gasteiger partial charge in [-0.15, -0.1) is 0 Å². The lowest BCUT2D eigenvalue weighted by molar-refractivity contribution is 0.422. The third-order valence-electron chi connectivity index (χ3n) is 3.01. The summed E-state index contributed by atoms with van der Waals surface area (Å²) in [5.41, 5.74) is 3.47. The third-order valence-corrected chi connectivity index (χ3v) is 3.01. The number of benzene rings is 1. The average Bonchev–Trinajstić information content (AvgIpc) is 2.98. The van der Waals surface area contributed by atoms with E-state index in [1.54, 1.807) is 0 Å². The largest absolute Gasteiger partial charge is 0.339 e. The van der Waals surface area contributed by atoms with Gasteiger partial charge in [0, 0.05) is 12.7 Å². The number of nitrogens with zero attached hydrogens (tertiary/aromatic N) is 3. The van der Waals surface area contributed by atoms with Crippen LogP contribution in [0.5, 0.6) is 0 Å². The van der Waals surface area contributed by atoms with Gasteiger partial charge in [-0.05, 0) is 31.5 Å². The maximum Gasteiger partial charge on any atom is 0.274 e. The average molecular weight is 253 g/mol. The molecule has 0 fully saturated rings. The molecule has 0 amide bonds. The van der Waals surface area contributed by atoms with Crippen molar-refractivity contribution < 1.29 is 4.52 Å². The second kappa shape index (κ2) is 4.72. The van der Waals surface area contributed by atoms with Crippen molar-refractivity contribution in [3.63, 3.8) is 0 Å². The van der Waals surface area contributed by atoms with Gasteiger partial charge in [-0.1, -0.05) is 35.0 Å². The molecular weight excluding hydrogens is 238 g/mol. The molecule has 4 nitrogen and oxygen atoms in total. The molecule has 1 aromatic carbocycles. The van der Waals surface area contributed by atoms with E-state index in [2.05, 4.69) is 45.9 Å². The van der Waals surface area contributed by atoms with Gasteiger partial charge in [0.05, 0.1) is 0 Å². The van der Waals surface area contributed by atoms with Gasteiger partial charge in [0.1, 0.15) is 5.69 Å². The summed E-state index contributed by atoms with van der Waals surface area (Å²) >= 11 is 0. The van der Waals surface area contributed by atoms with E-state index in [9.17, 15) is 0 Å². The first-order valence-electron chi connectivity index (χ1n) is 6.24. The van der Waals surface area contributed by atoms with E-state index in [-0.39, 0.29) is 0 Å². The van der Waals surface area contributed by atoms with Gasteiger partial charge in [0.2, 0.25) is 0 Å². The zero-order valence-electron chi connectivity index (χ0n) is 11.0. The highest BCUT2D eigenvalue weighted by Crippen LogP contribution is 2.19. The molecule has 3 rings (SSSR count). The van der Waals surface area contributed by atoms with Crippen LogP contribution < -0.4 is 0 Å². The molecule has 0 atom stereocenters. The van der Waals surface area contributed by atoms with Gasteiger partial charge in [-0.25, -0.2) is 0 Å². The molecule has 0 unspecified atom stereocenters. The molecule has 2 aromatic heterocycles. The zero-order chi connectivity index (χ0) is 13.2. The molecule has 4 heteroatoms. The standard InChI is InChI=1S/C15H15N3O/c1-11-5-3-6-13(9-11)10-18-8-4-7-14(18)15-16-12(2)17-19-15/h3-9H,10H2,1-2H3. The summed E-state index contributed by atoms with van der Waals surface area (Å²) in [6.07, 6.45) is 2.02. The molecule has 0 saturated carbocycles. The number of rotatable bonds is 3. The number of aryl methyl sites for hydroxylation is 2. The first kappa shape index (κ1) is 11.7. The van der Waals surface area contributed by atoms with E-state index >= 15 is 0 Å². The van der Waals surface area contributed by atoms with Gasteiger partial charge < -0.3 is 9.09 Å². The van der Waals surface area contributed by atoms with E-state index in [4.69, 9.17) is 4.52 Å². The molecule has 3 aromatic rings. The van der Waals surface area contributed by atoms with Crippen molar-refractivity contribution in [2.75, 3.05) is 0 Å². The van der Waals surface area contributed by atoms with Gasteiger partial charge in [0.25, 0.3) is 5.89 Å². The van der Waals surface area contributed by atoms with Crippen LogP contribution in [0, 0.1) is 13.8 Å². The van der Waals surface area contributed by atoms with Crippen LogP contribution in [-0.4, -0.2) is 14.7 Å². The van der Waals surface area contributed by atoms with Crippen molar-refractivity contribution >= 4 is 0 Å². The lowest BCUT2D eigenvalue weighted by Crippen LogP contribution is -2.00. The Labute approximate surface area is 111 Å². The molecule has 0 aliphatic rings. The van der Waals surface area contributed by atoms with Crippen LogP contribution in [0.15, 0.2) is 47.1 Å². The SMILES string of the molecule is Cc1cccc(Cn2cccc2-c2nc(C)no2)c1. The zero-order valence-corrected chi connectivity index (χ0v) is 11.0. The van der Waals surface area contributed by atoms with Crippen LogP contribution in [0.4, 0.5) is 0 Å². The number of aromatic nitrogens is 3. The molecule has 2 heterocycles. The summed E-state index contributed by atoms with van der Waals surface area (Å²) in [5.74, 6) is 1.22. The Kier molecular flexibility index (Phi) is 2.91. The number of hydrogen-bond donors (Lipinski definition) is 0. The predicted octanol–water partition coefficient (Wildman–Crippen LogP) is 3.20. The Morgan fingerprint density at radius 1 is 1.16 bits per heavy atom. The minimum Gasteiger partial charge on any atom is -0.339 e. The predicted molar refractivity (Wildman–Crippen MR) is 72.7 cm³/mol. The van der Waals surface area contributed by atoms with Gasteiger partial charge in [-0.2, -0.15) is 4.98 Å². The minimum atomic E-state index is 0.565. The Morgan fingerprint density at radius 2 is 2.05 bits per heavy atom. The molecule has 0 saturated heterocycles. The Morgan fingerprint density at radius 3 is 2.79 bits per heavy atom. The first-order chi connectivity index (χ1) is 9.22. The van der Waals surface area contributed by atoms with Gasteiger partial charge in [-0.3, -0.25) is 0 Å². The van der Waals surface area contributed by atoms with E-state index < -0.39 is 0 Å². The van der Waals surface area contributed by atoms with Crippen molar-refractivity contribution in [1.29, 1.82) is 0 Å². The Hall–Kier alpha value is -2.36. The summed E-state index contributed by atoms with van der Waals surface area (Å²) in [4.78, 5) is 4.27. The van der Waals surface area contributed by atoms with E-state index in [0.717, 1.165) is 12.2 Å². The lowest BCUT2D eigenvalue weighted by Gasteiger charge is -2.07. The molecule has 0 N–H and O–H groups in total. The molecule has 0 spiro atoms. The van der Waals surface area contributed by atoms with Crippen LogP contribution in [0.2, 0.25) is 0 Å². The summed E-state index contributed by atoms with van der Waals surface area (Å²) in [5, 5.41) is 3.84. The molecule has 96 valence electrons. The Balaban J connectivity index is 1.92. The summed E-state index contributed by atoms with van der Waals surface area (Å²) in [6.45, 7) is 4.72. The fourth-order valence-corrected chi connectivity index (χ4v) is 2.15. The minimum absolute atomic E-state index is 0.565. The van der Waals surface area contributed by atoms with Gasteiger partial charge >= 0.3 is 0 Å². The van der Waals surface area contributed by atoms with Crippen LogP contribution in [0.1, 0.15) is 17.0 Å². The smallest absolute Gasteiger partial charge is 0.274 e. The molecule has 0 radical (unpaired) electrons. The van der Waals surface area contributed by atoms with Crippen molar-refractivity contribution in [2.45, 2.75) is 20.4 Å². The van der Waals surface area contributed by atoms with Crippen LogP contribution in [0.3, 0.4) is 0 Å². The lowest BCUT2D eigenvalue weighted by atomic mass is 10.1. The molecule has 0 bridgehead atoms. The van der Waals surface area contributed by atoms with Crippen molar-refractivity contribution in [3.05, 3.63) is 59.5 Å². The van der Waals surface area contributed by atoms with Crippen molar-refractivity contribution in [2.24, 2.45) is 0 Å². The Bertz CT molecular complexity index is 697. The first-order valence-corrected chi connectivity index (χ1v) is 6.24. The van der Waals surface area contributed by atoms with Crippen LogP contribution in [0.25, 0.3) is 11.6 Å². The van der Waals surface area contributed by atoms with E-state index in [1.165, 1.54) is 11.1 Å². The summed E-state index contributed by atoms with van der Waals surface area (Å²) in [7, 11) is 0. The van der Waals surface area contributed by atoms with Crippen LogP contribution in [-0.2, 0) is 6.54 Å². The van der Waals surface area contributed by atoms with Crippen molar-refractivity contribution in [3.8, 4) is 11.6 Å². The molecule has 0 aliphatic heterocycles. The highest BCUT2D eigenvalue weighted by Gasteiger charge is 2.11. The molecule has 0 aliphatic carbocycles. The monoisotopic (exact) mass is 253 g/mol. The second-order valence-corrected chi connectivity index (χ2v) is 4.66. The maximum absolute atomic E-state index is 5.23. The highest BCUT2D eigenvalue weighted by molar-refractivity contribution is 5.48. The third kappa shape index (κ3) is 2.42. The van der Waals surface area contributed by atoms with Gasteiger partial charge in [0.15, 0.2) is 5.82 Å². The van der Waals surface area contributed by atoms with Crippen molar-refractivity contribution in [1.82, 2.24) is 14.7 Å². The van der Waals surface area contributed by atoms with Crippen LogP contribution >= 0.6 is 0 Å². The number of hydrogen-bond acceptors (Lipinski definition) is 3. The summed E-state index contributed by atoms with van der Waals surface area (Å²) in [6, 6.07) is 12.5.